The van der Waals surface area contributed by atoms with Gasteiger partial charge >= 0.3 is 0 Å². The van der Waals surface area contributed by atoms with E-state index in [4.69, 9.17) is 0 Å². The zero-order valence-corrected chi connectivity index (χ0v) is 13.0. The van der Waals surface area contributed by atoms with E-state index in [9.17, 15) is 0 Å². The van der Waals surface area contributed by atoms with Gasteiger partial charge in [0.05, 0.1) is 0 Å². The number of hydrogen-bond acceptors (Lipinski definition) is 1. The Bertz CT molecular complexity index is 373. The highest BCUT2D eigenvalue weighted by atomic mass is 127. The largest absolute Gasteiger partial charge is 0.309 e. The van der Waals surface area contributed by atoms with Crippen molar-refractivity contribution in [3.63, 3.8) is 0 Å². The summed E-state index contributed by atoms with van der Waals surface area (Å²) in [6, 6.07) is 7.65. The fraction of sp³-hybridized carbons (Fsp3) is 0.600. The first-order valence-corrected chi connectivity index (χ1v) is 8.13. The number of benzene rings is 1. The van der Waals surface area contributed by atoms with Gasteiger partial charge in [-0.1, -0.05) is 54.6 Å². The van der Waals surface area contributed by atoms with Gasteiger partial charge in [0, 0.05) is 17.0 Å². The zero-order valence-electron chi connectivity index (χ0n) is 10.8. The maximum atomic E-state index is 3.67. The van der Waals surface area contributed by atoms with Crippen molar-refractivity contribution in [3.8, 4) is 0 Å². The molecule has 1 unspecified atom stereocenters. The number of aryl methyl sites for hydroxylation is 2. The molecular weight excluding hydrogens is 321 g/mol. The molecule has 0 spiro atoms. The van der Waals surface area contributed by atoms with Crippen LogP contribution in [0.4, 0.5) is 0 Å². The number of alkyl halides is 1. The van der Waals surface area contributed by atoms with Gasteiger partial charge in [-0.05, 0) is 41.9 Å². The van der Waals surface area contributed by atoms with E-state index in [0.29, 0.717) is 12.0 Å². The predicted molar refractivity (Wildman–Crippen MR) is 82.8 cm³/mol. The van der Waals surface area contributed by atoms with Crippen LogP contribution in [0.1, 0.15) is 37.0 Å². The van der Waals surface area contributed by atoms with Crippen LogP contribution in [0, 0.1) is 5.92 Å². The lowest BCUT2D eigenvalue weighted by Gasteiger charge is -2.20. The van der Waals surface area contributed by atoms with E-state index in [1.54, 1.807) is 11.1 Å². The van der Waals surface area contributed by atoms with E-state index in [0.717, 1.165) is 6.54 Å². The quantitative estimate of drug-likeness (QED) is 0.635. The van der Waals surface area contributed by atoms with Crippen LogP contribution in [-0.2, 0) is 19.4 Å². The van der Waals surface area contributed by atoms with E-state index in [2.05, 4.69) is 60.0 Å². The lowest BCUT2D eigenvalue weighted by molar-refractivity contribution is 0.436. The topological polar surface area (TPSA) is 12.0 Å². The molecule has 17 heavy (non-hydrogen) atoms. The Labute approximate surface area is 119 Å². The standard InChI is InChI=1S/C15H22IN/c1-11(2)15(9-16)17-10-12-6-7-13-4-3-5-14(13)8-12/h6-8,11,15,17H,3-5,9-10H2,1-2H3. The van der Waals surface area contributed by atoms with E-state index in [1.165, 1.54) is 29.3 Å². The normalized spacial score (nSPS) is 16.2. The zero-order chi connectivity index (χ0) is 12.3. The highest BCUT2D eigenvalue weighted by molar-refractivity contribution is 14.1. The molecule has 0 fully saturated rings. The summed E-state index contributed by atoms with van der Waals surface area (Å²) >= 11 is 2.47. The van der Waals surface area contributed by atoms with Crippen molar-refractivity contribution >= 4 is 22.6 Å². The van der Waals surface area contributed by atoms with Crippen LogP contribution in [0.15, 0.2) is 18.2 Å². The third-order valence-corrected chi connectivity index (χ3v) is 4.65. The average Bonchev–Trinajstić information content (AvgIpc) is 2.76. The van der Waals surface area contributed by atoms with Crippen molar-refractivity contribution in [2.75, 3.05) is 4.43 Å². The summed E-state index contributed by atoms with van der Waals surface area (Å²) in [6.07, 6.45) is 3.91. The molecule has 1 aromatic carbocycles. The summed E-state index contributed by atoms with van der Waals surface area (Å²) < 4.78 is 1.18. The number of fused-ring (bicyclic) bond motifs is 1. The van der Waals surface area contributed by atoms with Gasteiger partial charge in [-0.25, -0.2) is 0 Å². The highest BCUT2D eigenvalue weighted by Crippen LogP contribution is 2.22. The van der Waals surface area contributed by atoms with Crippen molar-refractivity contribution in [1.29, 1.82) is 0 Å². The van der Waals surface area contributed by atoms with Gasteiger partial charge in [0.25, 0.3) is 0 Å². The van der Waals surface area contributed by atoms with Gasteiger partial charge in [-0.3, -0.25) is 0 Å². The summed E-state index contributed by atoms with van der Waals surface area (Å²) in [5, 5.41) is 3.67. The Hall–Kier alpha value is -0.0900. The minimum Gasteiger partial charge on any atom is -0.309 e. The first-order valence-electron chi connectivity index (χ1n) is 6.60. The molecule has 0 bridgehead atoms. The van der Waals surface area contributed by atoms with E-state index in [-0.39, 0.29) is 0 Å². The smallest absolute Gasteiger partial charge is 0.0208 e. The number of nitrogens with one attached hydrogen (secondary N) is 1. The second-order valence-electron chi connectivity index (χ2n) is 5.34. The summed E-state index contributed by atoms with van der Waals surface area (Å²) in [7, 11) is 0. The van der Waals surface area contributed by atoms with Gasteiger partial charge in [-0.2, -0.15) is 0 Å². The lowest BCUT2D eigenvalue weighted by Crippen LogP contribution is -2.34. The maximum absolute atomic E-state index is 3.67. The molecule has 0 amide bonds. The van der Waals surface area contributed by atoms with Crippen LogP contribution in [0.2, 0.25) is 0 Å². The Kier molecular flexibility index (Phi) is 4.86. The van der Waals surface area contributed by atoms with Crippen molar-refractivity contribution < 1.29 is 0 Å². The fourth-order valence-electron chi connectivity index (χ4n) is 2.45. The molecule has 2 heteroatoms. The van der Waals surface area contributed by atoms with E-state index < -0.39 is 0 Å². The molecule has 1 atom stereocenters. The Morgan fingerprint density at radius 1 is 1.24 bits per heavy atom. The maximum Gasteiger partial charge on any atom is 0.0208 e. The molecule has 0 saturated carbocycles. The van der Waals surface area contributed by atoms with E-state index in [1.807, 2.05) is 0 Å². The molecule has 0 heterocycles. The monoisotopic (exact) mass is 343 g/mol. The summed E-state index contributed by atoms with van der Waals surface area (Å²) in [6.45, 7) is 5.59. The third kappa shape index (κ3) is 3.44. The summed E-state index contributed by atoms with van der Waals surface area (Å²) in [5.41, 5.74) is 4.60. The Balaban J connectivity index is 1.95. The molecule has 1 aromatic rings. The molecule has 94 valence electrons. The van der Waals surface area contributed by atoms with Gasteiger partial charge in [0.2, 0.25) is 0 Å². The van der Waals surface area contributed by atoms with Crippen LogP contribution in [0.25, 0.3) is 0 Å². The minimum absolute atomic E-state index is 0.629. The van der Waals surface area contributed by atoms with Crippen molar-refractivity contribution in [3.05, 3.63) is 34.9 Å². The van der Waals surface area contributed by atoms with Crippen molar-refractivity contribution in [1.82, 2.24) is 5.32 Å². The van der Waals surface area contributed by atoms with Crippen LogP contribution in [0.3, 0.4) is 0 Å². The van der Waals surface area contributed by atoms with Crippen LogP contribution in [0.5, 0.6) is 0 Å². The molecule has 1 aliphatic carbocycles. The van der Waals surface area contributed by atoms with Gasteiger partial charge < -0.3 is 5.32 Å². The SMILES string of the molecule is CC(C)C(CI)NCc1ccc2c(c1)CCC2. The molecular formula is C15H22IN. The Morgan fingerprint density at radius 3 is 2.71 bits per heavy atom. The highest BCUT2D eigenvalue weighted by Gasteiger charge is 2.13. The summed E-state index contributed by atoms with van der Waals surface area (Å²) in [5.74, 6) is 0.710. The molecule has 1 aliphatic rings. The van der Waals surface area contributed by atoms with E-state index >= 15 is 0 Å². The van der Waals surface area contributed by atoms with Crippen LogP contribution >= 0.6 is 22.6 Å². The van der Waals surface area contributed by atoms with Crippen molar-refractivity contribution in [2.24, 2.45) is 5.92 Å². The van der Waals surface area contributed by atoms with Crippen LogP contribution in [-0.4, -0.2) is 10.5 Å². The number of hydrogen-bond donors (Lipinski definition) is 1. The predicted octanol–water partition coefficient (Wildman–Crippen LogP) is 3.72. The Morgan fingerprint density at radius 2 is 2.00 bits per heavy atom. The number of halogens is 1. The fourth-order valence-corrected chi connectivity index (χ4v) is 3.78. The molecule has 2 rings (SSSR count). The second kappa shape index (κ2) is 6.19. The molecule has 0 aliphatic heterocycles. The molecule has 0 radical (unpaired) electrons. The molecule has 0 aromatic heterocycles. The van der Waals surface area contributed by atoms with Crippen LogP contribution < -0.4 is 5.32 Å². The number of rotatable bonds is 5. The first-order chi connectivity index (χ1) is 8.20. The van der Waals surface area contributed by atoms with Gasteiger partial charge in [0.15, 0.2) is 0 Å². The first kappa shape index (κ1) is 13.3. The second-order valence-corrected chi connectivity index (χ2v) is 6.22. The molecule has 1 N–H and O–H groups in total. The molecule has 1 nitrogen and oxygen atoms in total. The minimum atomic E-state index is 0.629. The average molecular weight is 343 g/mol. The third-order valence-electron chi connectivity index (χ3n) is 3.70. The van der Waals surface area contributed by atoms with Crippen molar-refractivity contribution in [2.45, 2.75) is 45.7 Å². The van der Waals surface area contributed by atoms with Gasteiger partial charge in [-0.15, -0.1) is 0 Å². The lowest BCUT2D eigenvalue weighted by atomic mass is 10.0. The molecule has 0 saturated heterocycles. The van der Waals surface area contributed by atoms with Gasteiger partial charge in [0.1, 0.15) is 0 Å². The summed E-state index contributed by atoms with van der Waals surface area (Å²) in [4.78, 5) is 0.